The number of morpholine rings is 1. The molecule has 0 radical (unpaired) electrons. The summed E-state index contributed by atoms with van der Waals surface area (Å²) in [4.78, 5) is 30.7. The number of halogens is 1. The first-order chi connectivity index (χ1) is 20.5. The van der Waals surface area contributed by atoms with E-state index in [9.17, 15) is 14.7 Å². The number of Topliss-reactive ketones (excluding diaryl/α,β-unsaturated/α-hetero) is 1. The summed E-state index contributed by atoms with van der Waals surface area (Å²) in [5, 5.41) is 11.9. The van der Waals surface area contributed by atoms with Gasteiger partial charge < -0.3 is 24.2 Å². The summed E-state index contributed by atoms with van der Waals surface area (Å²) >= 11 is 6.06. The minimum absolute atomic E-state index is 0.0362. The van der Waals surface area contributed by atoms with Crippen molar-refractivity contribution in [2.75, 3.05) is 46.0 Å². The number of ether oxygens (including phenoxy) is 3. The molecule has 8 nitrogen and oxygen atoms in total. The van der Waals surface area contributed by atoms with Crippen LogP contribution in [0.15, 0.2) is 78.4 Å². The molecule has 1 amide bonds. The van der Waals surface area contributed by atoms with Crippen LogP contribution in [-0.2, 0) is 20.9 Å². The fourth-order valence-electron chi connectivity index (χ4n) is 5.33. The third-order valence-corrected chi connectivity index (χ3v) is 7.71. The lowest BCUT2D eigenvalue weighted by atomic mass is 9.95. The Hall–Kier alpha value is -3.85. The lowest BCUT2D eigenvalue weighted by Crippen LogP contribution is -2.39. The molecule has 1 unspecified atom stereocenters. The highest BCUT2D eigenvalue weighted by Gasteiger charge is 2.46. The van der Waals surface area contributed by atoms with Crippen molar-refractivity contribution in [1.29, 1.82) is 0 Å². The molecule has 9 heteroatoms. The second kappa shape index (κ2) is 13.9. The van der Waals surface area contributed by atoms with Crippen molar-refractivity contribution in [3.63, 3.8) is 0 Å². The van der Waals surface area contributed by atoms with E-state index < -0.39 is 17.7 Å². The second-order valence-electron chi connectivity index (χ2n) is 10.2. The number of rotatable bonds is 11. The maximum Gasteiger partial charge on any atom is 0.295 e. The minimum Gasteiger partial charge on any atom is -0.507 e. The molecule has 5 rings (SSSR count). The summed E-state index contributed by atoms with van der Waals surface area (Å²) in [6.45, 7) is 6.79. The van der Waals surface area contributed by atoms with E-state index in [0.717, 1.165) is 25.2 Å². The van der Waals surface area contributed by atoms with Crippen LogP contribution in [0.25, 0.3) is 5.76 Å². The fourth-order valence-corrected chi connectivity index (χ4v) is 5.45. The average Bonchev–Trinajstić information content (AvgIpc) is 3.27. The normalized spacial score (nSPS) is 18.8. The van der Waals surface area contributed by atoms with Gasteiger partial charge >= 0.3 is 0 Å². The highest BCUT2D eigenvalue weighted by molar-refractivity contribution is 6.46. The van der Waals surface area contributed by atoms with Gasteiger partial charge in [0.15, 0.2) is 11.5 Å². The van der Waals surface area contributed by atoms with Gasteiger partial charge in [-0.25, -0.2) is 0 Å². The summed E-state index contributed by atoms with van der Waals surface area (Å²) in [5.41, 5.74) is 2.10. The average molecular weight is 591 g/mol. The van der Waals surface area contributed by atoms with E-state index in [1.165, 1.54) is 0 Å². The van der Waals surface area contributed by atoms with Gasteiger partial charge in [0.2, 0.25) is 0 Å². The van der Waals surface area contributed by atoms with E-state index in [2.05, 4.69) is 4.90 Å². The van der Waals surface area contributed by atoms with Gasteiger partial charge in [0.25, 0.3) is 11.7 Å². The van der Waals surface area contributed by atoms with Gasteiger partial charge in [-0.1, -0.05) is 48.0 Å². The Morgan fingerprint density at radius 3 is 2.40 bits per heavy atom. The molecule has 2 fully saturated rings. The number of likely N-dealkylation sites (tertiary alicyclic amines) is 1. The van der Waals surface area contributed by atoms with E-state index >= 15 is 0 Å². The van der Waals surface area contributed by atoms with E-state index in [1.54, 1.807) is 41.3 Å². The predicted octanol–water partition coefficient (Wildman–Crippen LogP) is 5.46. The molecule has 220 valence electrons. The Morgan fingerprint density at radius 1 is 0.952 bits per heavy atom. The van der Waals surface area contributed by atoms with Gasteiger partial charge in [-0.3, -0.25) is 14.5 Å². The molecule has 2 aliphatic rings. The van der Waals surface area contributed by atoms with Crippen molar-refractivity contribution in [1.82, 2.24) is 9.80 Å². The van der Waals surface area contributed by atoms with Gasteiger partial charge in [0, 0.05) is 36.8 Å². The molecule has 0 aromatic heterocycles. The molecule has 2 heterocycles. The van der Waals surface area contributed by atoms with Crippen LogP contribution in [0.4, 0.5) is 0 Å². The number of ketones is 1. The lowest BCUT2D eigenvalue weighted by Gasteiger charge is -2.29. The summed E-state index contributed by atoms with van der Waals surface area (Å²) in [6, 6.07) is 21.0. The predicted molar refractivity (Wildman–Crippen MR) is 161 cm³/mol. The molecule has 0 aliphatic carbocycles. The molecule has 3 aromatic rings. The number of aliphatic hydroxyl groups excluding tert-OH is 1. The van der Waals surface area contributed by atoms with Crippen LogP contribution in [0.1, 0.15) is 36.1 Å². The first kappa shape index (κ1) is 29.6. The first-order valence-corrected chi connectivity index (χ1v) is 14.6. The zero-order valence-electron chi connectivity index (χ0n) is 23.6. The third kappa shape index (κ3) is 6.78. The summed E-state index contributed by atoms with van der Waals surface area (Å²) in [5.74, 6) is -0.558. The topological polar surface area (TPSA) is 88.5 Å². The number of aliphatic hydroxyl groups is 1. The monoisotopic (exact) mass is 590 g/mol. The summed E-state index contributed by atoms with van der Waals surface area (Å²) in [6.07, 6.45) is 0.668. The molecule has 3 aromatic carbocycles. The first-order valence-electron chi connectivity index (χ1n) is 14.2. The van der Waals surface area contributed by atoms with Gasteiger partial charge in [-0.15, -0.1) is 0 Å². The number of nitrogens with zero attached hydrogens (tertiary/aromatic N) is 2. The molecule has 1 N–H and O–H groups in total. The van der Waals surface area contributed by atoms with Crippen LogP contribution in [0.5, 0.6) is 11.5 Å². The Balaban J connectivity index is 1.49. The lowest BCUT2D eigenvalue weighted by molar-refractivity contribution is -0.140. The van der Waals surface area contributed by atoms with E-state index in [-0.39, 0.29) is 11.3 Å². The quantitative estimate of drug-likeness (QED) is 0.180. The number of hydrogen-bond donors (Lipinski definition) is 1. The highest BCUT2D eigenvalue weighted by atomic mass is 35.5. The largest absolute Gasteiger partial charge is 0.507 e. The van der Waals surface area contributed by atoms with Crippen LogP contribution in [0.3, 0.4) is 0 Å². The number of carbonyl (C=O) groups is 2. The molecular formula is C33H35ClN2O6. The highest BCUT2D eigenvalue weighted by Crippen LogP contribution is 2.42. The van der Waals surface area contributed by atoms with Gasteiger partial charge in [0.05, 0.1) is 31.4 Å². The van der Waals surface area contributed by atoms with Crippen LogP contribution < -0.4 is 9.47 Å². The zero-order valence-corrected chi connectivity index (χ0v) is 24.4. The Morgan fingerprint density at radius 2 is 1.69 bits per heavy atom. The molecule has 0 spiro atoms. The van der Waals surface area contributed by atoms with Crippen molar-refractivity contribution in [3.05, 3.63) is 100 Å². The van der Waals surface area contributed by atoms with E-state index in [0.29, 0.717) is 67.0 Å². The number of amides is 1. The van der Waals surface area contributed by atoms with Gasteiger partial charge in [-0.2, -0.15) is 0 Å². The zero-order chi connectivity index (χ0) is 29.5. The van der Waals surface area contributed by atoms with Crippen molar-refractivity contribution < 1.29 is 28.9 Å². The van der Waals surface area contributed by atoms with Crippen molar-refractivity contribution >= 4 is 29.1 Å². The number of carbonyl (C=O) groups excluding carboxylic acids is 2. The minimum atomic E-state index is -0.798. The Kier molecular flexibility index (Phi) is 9.79. The van der Waals surface area contributed by atoms with Crippen LogP contribution >= 0.6 is 11.6 Å². The molecule has 0 bridgehead atoms. The van der Waals surface area contributed by atoms with Crippen molar-refractivity contribution in [3.8, 4) is 11.5 Å². The van der Waals surface area contributed by atoms with Crippen LogP contribution in [0.2, 0.25) is 5.02 Å². The van der Waals surface area contributed by atoms with Gasteiger partial charge in [-0.05, 0) is 60.9 Å². The number of benzene rings is 3. The molecule has 1 atom stereocenters. The molecule has 0 saturated carbocycles. The summed E-state index contributed by atoms with van der Waals surface area (Å²) < 4.78 is 17.5. The SMILES string of the molecule is CCOc1cc(C2/C(=C(\O)c3ccc(Cl)cc3)C(=O)C(=O)N2CCCN2CCOCC2)ccc1OCc1ccccc1. The summed E-state index contributed by atoms with van der Waals surface area (Å²) in [7, 11) is 0. The van der Waals surface area contributed by atoms with E-state index in [4.69, 9.17) is 25.8 Å². The van der Waals surface area contributed by atoms with Crippen molar-refractivity contribution in [2.45, 2.75) is 26.0 Å². The van der Waals surface area contributed by atoms with Gasteiger partial charge in [0.1, 0.15) is 12.4 Å². The fraction of sp³-hybridized carbons (Fsp3) is 0.333. The second-order valence-corrected chi connectivity index (χ2v) is 10.7. The molecule has 42 heavy (non-hydrogen) atoms. The van der Waals surface area contributed by atoms with Crippen LogP contribution in [-0.4, -0.2) is 72.6 Å². The van der Waals surface area contributed by atoms with E-state index in [1.807, 2.05) is 43.3 Å². The van der Waals surface area contributed by atoms with Crippen LogP contribution in [0, 0.1) is 0 Å². The Labute approximate surface area is 251 Å². The maximum atomic E-state index is 13.5. The third-order valence-electron chi connectivity index (χ3n) is 7.46. The standard InChI is InChI=1S/C33H35ClN2O6/c1-2-41-28-21-25(11-14-27(28)42-22-23-7-4-3-5-8-23)30-29(31(37)24-9-12-26(34)13-10-24)32(38)33(39)36(30)16-6-15-35-17-19-40-20-18-35/h3-5,7-14,21,30,37H,2,6,15-20,22H2,1H3/b31-29+. The number of hydrogen-bond acceptors (Lipinski definition) is 7. The molecule has 2 aliphatic heterocycles. The Bertz CT molecular complexity index is 1420. The van der Waals surface area contributed by atoms with Crippen molar-refractivity contribution in [2.24, 2.45) is 0 Å². The molecular weight excluding hydrogens is 556 g/mol. The molecule has 2 saturated heterocycles. The smallest absolute Gasteiger partial charge is 0.295 e. The maximum absolute atomic E-state index is 13.5.